The van der Waals surface area contributed by atoms with E-state index in [4.69, 9.17) is 0 Å². The van der Waals surface area contributed by atoms with Crippen molar-refractivity contribution >= 4 is 21.4 Å². The molecule has 0 aliphatic carbocycles. The van der Waals surface area contributed by atoms with Gasteiger partial charge in [0, 0.05) is 6.04 Å². The minimum atomic E-state index is -3.42. The van der Waals surface area contributed by atoms with Crippen LogP contribution in [0, 0.1) is 6.92 Å². The van der Waals surface area contributed by atoms with Gasteiger partial charge in [-0.25, -0.2) is 13.1 Å². The third-order valence-electron chi connectivity index (χ3n) is 3.06. The first-order valence-electron chi connectivity index (χ1n) is 6.48. The zero-order valence-electron chi connectivity index (χ0n) is 12.1. The van der Waals surface area contributed by atoms with Gasteiger partial charge < -0.3 is 5.32 Å². The Kier molecular flexibility index (Phi) is 5.04. The van der Waals surface area contributed by atoms with Crippen LogP contribution in [-0.2, 0) is 16.6 Å². The fraction of sp³-hybridized carbons (Fsp3) is 0.385. The average Bonchev–Trinajstić information content (AvgIpc) is 2.90. The molecule has 0 radical (unpaired) electrons. The Morgan fingerprint density at radius 1 is 1.33 bits per heavy atom. The van der Waals surface area contributed by atoms with Gasteiger partial charge >= 0.3 is 0 Å². The molecule has 1 heterocycles. The van der Waals surface area contributed by atoms with E-state index < -0.39 is 10.0 Å². The largest absolute Gasteiger partial charge is 0.304 e. The Bertz CT molecular complexity index is 712. The number of aromatic nitrogens is 2. The zero-order chi connectivity index (χ0) is 15.5. The SMILES string of the molecule is CNS(=O)(=O)c1cccc([C@@H](C)NCc2nnc(C)s2)c1. The lowest BCUT2D eigenvalue weighted by atomic mass is 10.1. The molecule has 2 N–H and O–H groups in total. The highest BCUT2D eigenvalue weighted by Gasteiger charge is 2.14. The third-order valence-corrected chi connectivity index (χ3v) is 5.32. The van der Waals surface area contributed by atoms with Crippen LogP contribution in [0.2, 0.25) is 0 Å². The van der Waals surface area contributed by atoms with Crippen LogP contribution in [0.1, 0.15) is 28.5 Å². The van der Waals surface area contributed by atoms with Crippen molar-refractivity contribution in [3.8, 4) is 0 Å². The van der Waals surface area contributed by atoms with Gasteiger partial charge in [-0.1, -0.05) is 12.1 Å². The first kappa shape index (κ1) is 16.0. The van der Waals surface area contributed by atoms with Crippen LogP contribution in [-0.4, -0.2) is 25.7 Å². The van der Waals surface area contributed by atoms with E-state index in [1.54, 1.807) is 29.5 Å². The summed E-state index contributed by atoms with van der Waals surface area (Å²) in [5.41, 5.74) is 0.910. The van der Waals surface area contributed by atoms with Crippen molar-refractivity contribution in [1.82, 2.24) is 20.2 Å². The quantitative estimate of drug-likeness (QED) is 0.842. The summed E-state index contributed by atoms with van der Waals surface area (Å²) in [7, 11) is -2.01. The Labute approximate surface area is 128 Å². The topological polar surface area (TPSA) is 84.0 Å². The number of benzene rings is 1. The number of hydrogen-bond donors (Lipinski definition) is 2. The fourth-order valence-electron chi connectivity index (χ4n) is 1.84. The summed E-state index contributed by atoms with van der Waals surface area (Å²) in [6.07, 6.45) is 0. The third kappa shape index (κ3) is 4.07. The van der Waals surface area contributed by atoms with Crippen molar-refractivity contribution in [2.45, 2.75) is 31.3 Å². The lowest BCUT2D eigenvalue weighted by molar-refractivity contribution is 0.568. The van der Waals surface area contributed by atoms with Crippen LogP contribution in [0.3, 0.4) is 0 Å². The van der Waals surface area contributed by atoms with E-state index in [1.165, 1.54) is 7.05 Å². The normalized spacial score (nSPS) is 13.3. The highest BCUT2D eigenvalue weighted by atomic mass is 32.2. The first-order chi connectivity index (χ1) is 9.92. The molecule has 1 aromatic heterocycles. The maximum atomic E-state index is 11.8. The van der Waals surface area contributed by atoms with Crippen molar-refractivity contribution in [3.63, 3.8) is 0 Å². The fourth-order valence-corrected chi connectivity index (χ4v) is 3.28. The minimum Gasteiger partial charge on any atom is -0.304 e. The van der Waals surface area contributed by atoms with Gasteiger partial charge in [-0.3, -0.25) is 0 Å². The van der Waals surface area contributed by atoms with Crippen molar-refractivity contribution in [1.29, 1.82) is 0 Å². The van der Waals surface area contributed by atoms with Crippen LogP contribution in [0.5, 0.6) is 0 Å². The second-order valence-corrected chi connectivity index (χ2v) is 7.75. The smallest absolute Gasteiger partial charge is 0.240 e. The summed E-state index contributed by atoms with van der Waals surface area (Å²) in [5, 5.41) is 13.2. The Morgan fingerprint density at radius 2 is 2.10 bits per heavy atom. The summed E-state index contributed by atoms with van der Waals surface area (Å²) in [6.45, 7) is 4.51. The molecule has 2 rings (SSSR count). The predicted octanol–water partition coefficient (Wildman–Crippen LogP) is 1.61. The molecule has 1 aromatic carbocycles. The van der Waals surface area contributed by atoms with E-state index >= 15 is 0 Å². The molecule has 0 aliphatic heterocycles. The molecule has 8 heteroatoms. The zero-order valence-corrected chi connectivity index (χ0v) is 13.8. The number of rotatable bonds is 6. The van der Waals surface area contributed by atoms with Crippen molar-refractivity contribution in [2.75, 3.05) is 7.05 Å². The molecule has 21 heavy (non-hydrogen) atoms. The first-order valence-corrected chi connectivity index (χ1v) is 8.78. The van der Waals surface area contributed by atoms with Crippen molar-refractivity contribution < 1.29 is 8.42 Å². The standard InChI is InChI=1S/C13H18N4O2S2/c1-9(15-8-13-17-16-10(2)20-13)11-5-4-6-12(7-11)21(18,19)14-3/h4-7,9,14-15H,8H2,1-3H3/t9-/m1/s1. The van der Waals surface area contributed by atoms with Gasteiger partial charge in [0.25, 0.3) is 0 Å². The van der Waals surface area contributed by atoms with E-state index in [0.29, 0.717) is 6.54 Å². The second kappa shape index (κ2) is 6.61. The molecular formula is C13H18N4O2S2. The van der Waals surface area contributed by atoms with E-state index in [1.807, 2.05) is 19.9 Å². The number of nitrogens with zero attached hydrogens (tertiary/aromatic N) is 2. The Balaban J connectivity index is 2.09. The summed E-state index contributed by atoms with van der Waals surface area (Å²) in [4.78, 5) is 0.267. The molecule has 0 bridgehead atoms. The molecule has 0 spiro atoms. The van der Waals surface area contributed by atoms with Crippen LogP contribution < -0.4 is 10.0 Å². The molecule has 0 saturated carbocycles. The lowest BCUT2D eigenvalue weighted by Crippen LogP contribution is -2.21. The molecule has 0 fully saturated rings. The molecule has 114 valence electrons. The molecule has 6 nitrogen and oxygen atoms in total. The van der Waals surface area contributed by atoms with Crippen molar-refractivity contribution in [3.05, 3.63) is 39.8 Å². The van der Waals surface area contributed by atoms with Crippen LogP contribution >= 0.6 is 11.3 Å². The van der Waals surface area contributed by atoms with E-state index in [2.05, 4.69) is 20.2 Å². The predicted molar refractivity (Wildman–Crippen MR) is 82.6 cm³/mol. The van der Waals surface area contributed by atoms with E-state index in [9.17, 15) is 8.42 Å². The van der Waals surface area contributed by atoms with Crippen LogP contribution in [0.15, 0.2) is 29.2 Å². The monoisotopic (exact) mass is 326 g/mol. The summed E-state index contributed by atoms with van der Waals surface area (Å²) in [6, 6.07) is 6.91. The van der Waals surface area contributed by atoms with Gasteiger partial charge in [-0.2, -0.15) is 0 Å². The summed E-state index contributed by atoms with van der Waals surface area (Å²) < 4.78 is 25.9. The number of nitrogens with one attached hydrogen (secondary N) is 2. The molecule has 0 saturated heterocycles. The van der Waals surface area contributed by atoms with Gasteiger partial charge in [0.2, 0.25) is 10.0 Å². The maximum Gasteiger partial charge on any atom is 0.240 e. The molecule has 0 aliphatic rings. The second-order valence-electron chi connectivity index (χ2n) is 4.60. The summed E-state index contributed by atoms with van der Waals surface area (Å²) in [5.74, 6) is 0. The van der Waals surface area contributed by atoms with Crippen LogP contribution in [0.25, 0.3) is 0 Å². The van der Waals surface area contributed by atoms with Gasteiger partial charge in [0.15, 0.2) is 0 Å². The van der Waals surface area contributed by atoms with Gasteiger partial charge in [0.05, 0.1) is 11.4 Å². The molecule has 1 atom stereocenters. The van der Waals surface area contributed by atoms with E-state index in [0.717, 1.165) is 15.6 Å². The molecular weight excluding hydrogens is 308 g/mol. The van der Waals surface area contributed by atoms with E-state index in [-0.39, 0.29) is 10.9 Å². The Morgan fingerprint density at radius 3 is 2.71 bits per heavy atom. The minimum absolute atomic E-state index is 0.0150. The van der Waals surface area contributed by atoms with Gasteiger partial charge in [0.1, 0.15) is 10.0 Å². The highest BCUT2D eigenvalue weighted by Crippen LogP contribution is 2.18. The Hall–Kier alpha value is -1.35. The number of aryl methyl sites for hydroxylation is 1. The van der Waals surface area contributed by atoms with Crippen LogP contribution in [0.4, 0.5) is 0 Å². The van der Waals surface area contributed by atoms with Crippen molar-refractivity contribution in [2.24, 2.45) is 0 Å². The highest BCUT2D eigenvalue weighted by molar-refractivity contribution is 7.89. The average molecular weight is 326 g/mol. The van der Waals surface area contributed by atoms with Gasteiger partial charge in [-0.15, -0.1) is 21.5 Å². The molecule has 2 aromatic rings. The maximum absolute atomic E-state index is 11.8. The number of hydrogen-bond acceptors (Lipinski definition) is 6. The summed E-state index contributed by atoms with van der Waals surface area (Å²) >= 11 is 1.55. The molecule has 0 unspecified atom stereocenters. The van der Waals surface area contributed by atoms with Gasteiger partial charge in [-0.05, 0) is 38.6 Å². The lowest BCUT2D eigenvalue weighted by Gasteiger charge is -2.14. The number of sulfonamides is 1. The molecule has 0 amide bonds.